The van der Waals surface area contributed by atoms with Crippen LogP contribution in [0.1, 0.15) is 11.3 Å². The summed E-state index contributed by atoms with van der Waals surface area (Å²) in [6.45, 7) is 0.507. The highest BCUT2D eigenvalue weighted by atomic mass is 32.1. The third-order valence-electron chi connectivity index (χ3n) is 2.23. The molecule has 5 nitrogen and oxygen atoms in total. The first-order valence-corrected chi connectivity index (χ1v) is 5.77. The lowest BCUT2D eigenvalue weighted by atomic mass is 10.2. The normalized spacial score (nSPS) is 9.82. The first-order valence-electron chi connectivity index (χ1n) is 4.89. The van der Waals surface area contributed by atoms with E-state index < -0.39 is 0 Å². The number of aromatic amines is 1. The van der Waals surface area contributed by atoms with Crippen molar-refractivity contribution in [2.45, 2.75) is 6.54 Å². The number of rotatable bonds is 3. The van der Waals surface area contributed by atoms with Crippen molar-refractivity contribution >= 4 is 22.7 Å². The zero-order valence-corrected chi connectivity index (χ0v) is 9.67. The number of nitrogens with one attached hydrogen (secondary N) is 2. The number of anilines is 2. The fraction of sp³-hybridized carbons (Fsp3) is 0.0909. The summed E-state index contributed by atoms with van der Waals surface area (Å²) >= 11 is 1.13. The van der Waals surface area contributed by atoms with E-state index in [1.165, 1.54) is 0 Å². The fourth-order valence-corrected chi connectivity index (χ4v) is 1.94. The van der Waals surface area contributed by atoms with Crippen molar-refractivity contribution in [1.29, 1.82) is 5.26 Å². The van der Waals surface area contributed by atoms with Crippen LogP contribution in [0.4, 0.5) is 11.4 Å². The molecule has 0 fully saturated rings. The lowest BCUT2D eigenvalue weighted by Crippen LogP contribution is -2.03. The quantitative estimate of drug-likeness (QED) is 0.715. The summed E-state index contributed by atoms with van der Waals surface area (Å²) in [4.78, 5) is 13.5. The summed E-state index contributed by atoms with van der Waals surface area (Å²) in [5.41, 5.74) is 8.12. The van der Waals surface area contributed by atoms with Gasteiger partial charge in [0.05, 0.1) is 12.1 Å². The number of nitrogens with two attached hydrogens (primary N) is 1. The number of hydrogen-bond acceptors (Lipinski definition) is 5. The predicted octanol–water partition coefficient (Wildman–Crippen LogP) is 1.50. The van der Waals surface area contributed by atoms with Gasteiger partial charge in [0.15, 0.2) is 0 Å². The third-order valence-corrected chi connectivity index (χ3v) is 2.95. The maximum atomic E-state index is 10.9. The lowest BCUT2D eigenvalue weighted by Gasteiger charge is -2.06. The Hall–Kier alpha value is -2.26. The van der Waals surface area contributed by atoms with Crippen LogP contribution >= 0.6 is 11.3 Å². The Morgan fingerprint density at radius 2 is 2.35 bits per heavy atom. The van der Waals surface area contributed by atoms with Gasteiger partial charge in [-0.25, -0.2) is 0 Å². The summed E-state index contributed by atoms with van der Waals surface area (Å²) < 4.78 is 0. The van der Waals surface area contributed by atoms with E-state index in [0.717, 1.165) is 22.7 Å². The molecule has 0 aliphatic carbocycles. The number of aromatic nitrogens is 1. The van der Waals surface area contributed by atoms with Crippen molar-refractivity contribution in [3.8, 4) is 6.07 Å². The second kappa shape index (κ2) is 4.72. The van der Waals surface area contributed by atoms with Crippen LogP contribution in [0.2, 0.25) is 0 Å². The lowest BCUT2D eigenvalue weighted by molar-refractivity contribution is 1.06. The monoisotopic (exact) mass is 246 g/mol. The van der Waals surface area contributed by atoms with Gasteiger partial charge in [-0.3, -0.25) is 4.79 Å². The molecular weight excluding hydrogens is 236 g/mol. The van der Waals surface area contributed by atoms with Gasteiger partial charge in [0.2, 0.25) is 0 Å². The van der Waals surface area contributed by atoms with E-state index in [2.05, 4.69) is 10.3 Å². The summed E-state index contributed by atoms with van der Waals surface area (Å²) in [5, 5.41) is 13.7. The average molecular weight is 246 g/mol. The maximum absolute atomic E-state index is 10.9. The molecular formula is C11H10N4OS. The summed E-state index contributed by atoms with van der Waals surface area (Å²) in [5.74, 6) is 0. The summed E-state index contributed by atoms with van der Waals surface area (Å²) in [6.07, 6.45) is 0. The molecule has 1 aromatic carbocycles. The molecule has 17 heavy (non-hydrogen) atoms. The van der Waals surface area contributed by atoms with Crippen LogP contribution in [0.3, 0.4) is 0 Å². The molecule has 1 heterocycles. The highest BCUT2D eigenvalue weighted by molar-refractivity contribution is 7.07. The van der Waals surface area contributed by atoms with E-state index in [1.807, 2.05) is 6.07 Å². The van der Waals surface area contributed by atoms with Crippen molar-refractivity contribution in [2.24, 2.45) is 0 Å². The smallest absolute Gasteiger partial charge is 0.304 e. The standard InChI is InChI=1S/C11H10N4OS/c12-4-7-3-8(1-2-10(7)13)14-5-9-6-17-11(16)15-9/h1-3,6,14H,5,13H2,(H,15,16). The molecule has 4 N–H and O–H groups in total. The Labute approximate surface area is 102 Å². The van der Waals surface area contributed by atoms with E-state index in [-0.39, 0.29) is 4.87 Å². The van der Waals surface area contributed by atoms with E-state index >= 15 is 0 Å². The van der Waals surface area contributed by atoms with Gasteiger partial charge in [-0.2, -0.15) is 5.26 Å². The largest absolute Gasteiger partial charge is 0.398 e. The Morgan fingerprint density at radius 1 is 1.53 bits per heavy atom. The van der Waals surface area contributed by atoms with E-state index in [1.54, 1.807) is 23.6 Å². The third kappa shape index (κ3) is 2.65. The van der Waals surface area contributed by atoms with Crippen molar-refractivity contribution in [2.75, 3.05) is 11.1 Å². The molecule has 0 atom stereocenters. The van der Waals surface area contributed by atoms with Crippen molar-refractivity contribution in [1.82, 2.24) is 4.98 Å². The highest BCUT2D eigenvalue weighted by Crippen LogP contribution is 2.17. The number of nitriles is 1. The first-order chi connectivity index (χ1) is 8.19. The van der Waals surface area contributed by atoms with E-state index in [4.69, 9.17) is 11.0 Å². The Bertz CT molecular complexity index is 623. The molecule has 0 aliphatic rings. The number of nitrogen functional groups attached to an aromatic ring is 1. The molecule has 2 rings (SSSR count). The van der Waals surface area contributed by atoms with Crippen LogP contribution in [-0.4, -0.2) is 4.98 Å². The van der Waals surface area contributed by atoms with Crippen LogP contribution in [-0.2, 0) is 6.54 Å². The fourth-order valence-electron chi connectivity index (χ4n) is 1.36. The van der Waals surface area contributed by atoms with E-state index in [9.17, 15) is 4.79 Å². The molecule has 0 amide bonds. The van der Waals surface area contributed by atoms with Crippen molar-refractivity contribution < 1.29 is 0 Å². The van der Waals surface area contributed by atoms with Gasteiger partial charge in [-0.05, 0) is 18.2 Å². The highest BCUT2D eigenvalue weighted by Gasteiger charge is 2.01. The van der Waals surface area contributed by atoms with Gasteiger partial charge in [-0.15, -0.1) is 0 Å². The summed E-state index contributed by atoms with van der Waals surface area (Å²) in [6, 6.07) is 7.17. The molecule has 86 valence electrons. The van der Waals surface area contributed by atoms with Gasteiger partial charge in [0.1, 0.15) is 6.07 Å². The molecule has 2 aromatic rings. The minimum atomic E-state index is -0.0724. The maximum Gasteiger partial charge on any atom is 0.304 e. The number of nitrogens with zero attached hydrogens (tertiary/aromatic N) is 1. The van der Waals surface area contributed by atoms with Gasteiger partial charge in [0.25, 0.3) is 0 Å². The SMILES string of the molecule is N#Cc1cc(NCc2csc(=O)[nH]2)ccc1N. The Morgan fingerprint density at radius 3 is 3.00 bits per heavy atom. The average Bonchev–Trinajstić information content (AvgIpc) is 2.74. The second-order valence-electron chi connectivity index (χ2n) is 3.44. The van der Waals surface area contributed by atoms with Gasteiger partial charge >= 0.3 is 4.87 Å². The Kier molecular flexibility index (Phi) is 3.12. The number of benzene rings is 1. The van der Waals surface area contributed by atoms with Crippen molar-refractivity contribution in [3.05, 3.63) is 44.5 Å². The van der Waals surface area contributed by atoms with Crippen LogP contribution in [0, 0.1) is 11.3 Å². The molecule has 0 bridgehead atoms. The second-order valence-corrected chi connectivity index (χ2v) is 4.28. The van der Waals surface area contributed by atoms with Gasteiger partial charge in [-0.1, -0.05) is 11.3 Å². The molecule has 0 saturated heterocycles. The minimum absolute atomic E-state index is 0.0724. The van der Waals surface area contributed by atoms with E-state index in [0.29, 0.717) is 17.8 Å². The van der Waals surface area contributed by atoms with Crippen LogP contribution in [0.15, 0.2) is 28.4 Å². The predicted molar refractivity (Wildman–Crippen MR) is 67.8 cm³/mol. The number of H-pyrrole nitrogens is 1. The van der Waals surface area contributed by atoms with Crippen LogP contribution in [0.25, 0.3) is 0 Å². The van der Waals surface area contributed by atoms with Crippen LogP contribution in [0.5, 0.6) is 0 Å². The number of thiazole rings is 1. The van der Waals surface area contributed by atoms with Crippen molar-refractivity contribution in [3.63, 3.8) is 0 Å². The topological polar surface area (TPSA) is 94.7 Å². The molecule has 6 heteroatoms. The minimum Gasteiger partial charge on any atom is -0.398 e. The molecule has 0 radical (unpaired) electrons. The zero-order valence-electron chi connectivity index (χ0n) is 8.86. The van der Waals surface area contributed by atoms with Gasteiger partial charge in [0, 0.05) is 22.4 Å². The molecule has 0 unspecified atom stereocenters. The molecule has 1 aromatic heterocycles. The molecule has 0 aliphatic heterocycles. The molecule has 0 spiro atoms. The zero-order chi connectivity index (χ0) is 12.3. The first kappa shape index (κ1) is 11.2. The van der Waals surface area contributed by atoms with Crippen LogP contribution < -0.4 is 15.9 Å². The number of hydrogen-bond donors (Lipinski definition) is 3. The summed E-state index contributed by atoms with van der Waals surface area (Å²) in [7, 11) is 0. The molecule has 0 saturated carbocycles. The Balaban J connectivity index is 2.09. The van der Waals surface area contributed by atoms with Gasteiger partial charge < -0.3 is 16.0 Å².